The summed E-state index contributed by atoms with van der Waals surface area (Å²) in [7, 11) is 0. The number of halogens is 4. The molecule has 0 amide bonds. The number of rotatable bonds is 1. The lowest BCUT2D eigenvalue weighted by Gasteiger charge is -2.30. The van der Waals surface area contributed by atoms with Crippen molar-refractivity contribution in [1.29, 1.82) is 0 Å². The van der Waals surface area contributed by atoms with Crippen molar-refractivity contribution in [2.75, 3.05) is 0 Å². The predicted octanol–water partition coefficient (Wildman–Crippen LogP) is 5.18. The third kappa shape index (κ3) is 1.26. The van der Waals surface area contributed by atoms with E-state index in [0.717, 1.165) is 25.7 Å². The van der Waals surface area contributed by atoms with Gasteiger partial charge in [0.15, 0.2) is 0 Å². The molecule has 0 aromatic carbocycles. The summed E-state index contributed by atoms with van der Waals surface area (Å²) in [5.74, 6) is 1.02. The molecule has 4 atom stereocenters. The summed E-state index contributed by atoms with van der Waals surface area (Å²) in [5, 5.41) is 0. The zero-order valence-corrected chi connectivity index (χ0v) is 12.5. The molecular weight excluding hydrogens is 286 g/mol. The van der Waals surface area contributed by atoms with E-state index in [1.807, 2.05) is 0 Å². The Bertz CT molecular complexity index is 351. The molecule has 3 fully saturated rings. The molecule has 3 rings (SSSR count). The zero-order valence-electron chi connectivity index (χ0n) is 9.49. The predicted molar refractivity (Wildman–Crippen MR) is 70.5 cm³/mol. The van der Waals surface area contributed by atoms with Crippen molar-refractivity contribution in [2.24, 2.45) is 22.7 Å². The van der Waals surface area contributed by atoms with E-state index in [1.165, 1.54) is 0 Å². The first-order chi connectivity index (χ1) is 7.15. The molecule has 0 unspecified atom stereocenters. The fourth-order valence-corrected chi connectivity index (χ4v) is 5.61. The van der Waals surface area contributed by atoms with Crippen molar-refractivity contribution in [3.05, 3.63) is 0 Å². The first-order valence-corrected chi connectivity index (χ1v) is 7.42. The van der Waals surface area contributed by atoms with Crippen LogP contribution in [-0.2, 0) is 0 Å². The van der Waals surface area contributed by atoms with Gasteiger partial charge in [-0.15, -0.1) is 46.4 Å². The summed E-state index contributed by atoms with van der Waals surface area (Å²) in [4.78, 5) is 0. The van der Waals surface area contributed by atoms with Crippen LogP contribution >= 0.6 is 46.4 Å². The lowest BCUT2D eigenvalue weighted by Crippen LogP contribution is -2.24. The fraction of sp³-hybridized carbons (Fsp3) is 1.00. The summed E-state index contributed by atoms with van der Waals surface area (Å²) < 4.78 is -1.02. The average molecular weight is 302 g/mol. The smallest absolute Gasteiger partial charge is 0.101 e. The first-order valence-electron chi connectivity index (χ1n) is 5.91. The molecule has 0 saturated heterocycles. The van der Waals surface area contributed by atoms with Crippen LogP contribution in [0, 0.1) is 22.7 Å². The molecule has 0 aromatic rings. The lowest BCUT2D eigenvalue weighted by molar-refractivity contribution is 0.200. The highest BCUT2D eigenvalue weighted by Gasteiger charge is 2.77. The number of hydrogen-bond donors (Lipinski definition) is 0. The normalized spacial score (nSPS) is 56.6. The fourth-order valence-electron chi connectivity index (χ4n) is 3.74. The van der Waals surface area contributed by atoms with Crippen LogP contribution in [0.1, 0.15) is 39.5 Å². The van der Waals surface area contributed by atoms with Gasteiger partial charge in [-0.3, -0.25) is 0 Å². The van der Waals surface area contributed by atoms with Crippen molar-refractivity contribution < 1.29 is 0 Å². The van der Waals surface area contributed by atoms with Gasteiger partial charge >= 0.3 is 0 Å². The molecule has 92 valence electrons. The second-order valence-electron chi connectivity index (χ2n) is 6.36. The quantitative estimate of drug-likeness (QED) is 0.585. The lowest BCUT2D eigenvalue weighted by atomic mass is 9.75. The second-order valence-corrected chi connectivity index (χ2v) is 9.23. The van der Waals surface area contributed by atoms with E-state index in [4.69, 9.17) is 46.4 Å². The van der Waals surface area contributed by atoms with E-state index in [9.17, 15) is 0 Å². The zero-order chi connectivity index (χ0) is 12.0. The minimum absolute atomic E-state index is 0.0872. The molecule has 0 heterocycles. The molecule has 0 radical (unpaired) electrons. The Labute approximate surface area is 117 Å². The van der Waals surface area contributed by atoms with E-state index >= 15 is 0 Å². The molecule has 0 bridgehead atoms. The second kappa shape index (κ2) is 3.00. The van der Waals surface area contributed by atoms with Gasteiger partial charge in [0, 0.05) is 16.7 Å². The van der Waals surface area contributed by atoms with Crippen molar-refractivity contribution in [1.82, 2.24) is 0 Å². The maximum absolute atomic E-state index is 6.36. The van der Waals surface area contributed by atoms with Gasteiger partial charge in [-0.2, -0.15) is 0 Å². The van der Waals surface area contributed by atoms with E-state index in [0.29, 0.717) is 11.8 Å². The Morgan fingerprint density at radius 3 is 2.00 bits per heavy atom. The monoisotopic (exact) mass is 300 g/mol. The van der Waals surface area contributed by atoms with E-state index in [-0.39, 0.29) is 10.8 Å². The third-order valence-corrected chi connectivity index (χ3v) is 8.14. The standard InChI is InChI=1S/C12H16Cl4/c1-9-4-3-7(5-8(9)12(9,15)16)10(2)6-11(10,13)14/h7-8H,3-6H2,1-2H3/t7-,8-,9+,10-/m0/s1. The van der Waals surface area contributed by atoms with Crippen LogP contribution in [0.3, 0.4) is 0 Å². The van der Waals surface area contributed by atoms with Crippen LogP contribution in [0.2, 0.25) is 0 Å². The van der Waals surface area contributed by atoms with Gasteiger partial charge < -0.3 is 0 Å². The molecule has 0 nitrogen and oxygen atoms in total. The molecule has 0 aromatic heterocycles. The molecule has 3 saturated carbocycles. The highest BCUT2D eigenvalue weighted by Crippen LogP contribution is 2.79. The van der Waals surface area contributed by atoms with Crippen molar-refractivity contribution in [3.8, 4) is 0 Å². The largest absolute Gasteiger partial charge is 0.127 e. The summed E-state index contributed by atoms with van der Waals surface area (Å²) in [6, 6.07) is 0. The molecule has 16 heavy (non-hydrogen) atoms. The molecule has 4 heteroatoms. The number of fused-ring (bicyclic) bond motifs is 1. The summed E-state index contributed by atoms with van der Waals surface area (Å²) in [6.45, 7) is 4.41. The van der Waals surface area contributed by atoms with Gasteiger partial charge in [0.2, 0.25) is 0 Å². The van der Waals surface area contributed by atoms with Gasteiger partial charge in [0.1, 0.15) is 8.67 Å². The maximum Gasteiger partial charge on any atom is 0.127 e. The summed E-state index contributed by atoms with van der Waals surface area (Å²) in [5.41, 5.74) is 0.225. The molecule has 0 N–H and O–H groups in total. The molecule has 3 aliphatic rings. The molecule has 3 aliphatic carbocycles. The SMILES string of the molecule is C[C@@]1([C@H]2CC[C@]3(C)[C@H](C2)C3(Cl)Cl)CC1(Cl)Cl. The van der Waals surface area contributed by atoms with Gasteiger partial charge in [-0.1, -0.05) is 13.8 Å². The van der Waals surface area contributed by atoms with Gasteiger partial charge in [0.25, 0.3) is 0 Å². The van der Waals surface area contributed by atoms with Crippen LogP contribution in [0.4, 0.5) is 0 Å². The third-order valence-electron chi connectivity index (χ3n) is 5.62. The number of alkyl halides is 4. The summed E-state index contributed by atoms with van der Waals surface area (Å²) in [6.07, 6.45) is 4.26. The van der Waals surface area contributed by atoms with E-state index < -0.39 is 8.67 Å². The average Bonchev–Trinajstić information content (AvgIpc) is 2.83. The minimum Gasteiger partial charge on any atom is -0.101 e. The Kier molecular flexibility index (Phi) is 2.29. The Balaban J connectivity index is 1.76. The van der Waals surface area contributed by atoms with Crippen LogP contribution in [0.25, 0.3) is 0 Å². The van der Waals surface area contributed by atoms with Crippen LogP contribution in [-0.4, -0.2) is 8.67 Å². The Morgan fingerprint density at radius 1 is 1.00 bits per heavy atom. The highest BCUT2D eigenvalue weighted by atomic mass is 35.5. The van der Waals surface area contributed by atoms with Crippen LogP contribution in [0.15, 0.2) is 0 Å². The van der Waals surface area contributed by atoms with Crippen molar-refractivity contribution >= 4 is 46.4 Å². The minimum atomic E-state index is -0.512. The molecule has 0 spiro atoms. The van der Waals surface area contributed by atoms with Crippen molar-refractivity contribution in [3.63, 3.8) is 0 Å². The molecule has 0 aliphatic heterocycles. The van der Waals surface area contributed by atoms with Gasteiger partial charge in [-0.25, -0.2) is 0 Å². The Morgan fingerprint density at radius 2 is 1.56 bits per heavy atom. The van der Waals surface area contributed by atoms with Crippen LogP contribution < -0.4 is 0 Å². The van der Waals surface area contributed by atoms with Crippen LogP contribution in [0.5, 0.6) is 0 Å². The maximum atomic E-state index is 6.36. The highest BCUT2D eigenvalue weighted by molar-refractivity contribution is 6.52. The number of hydrogen-bond acceptors (Lipinski definition) is 0. The Hall–Kier alpha value is 1.16. The van der Waals surface area contributed by atoms with E-state index in [1.54, 1.807) is 0 Å². The van der Waals surface area contributed by atoms with Gasteiger partial charge in [0.05, 0.1) is 0 Å². The molecular formula is C12H16Cl4. The first kappa shape index (κ1) is 12.2. The van der Waals surface area contributed by atoms with Gasteiger partial charge in [-0.05, 0) is 31.6 Å². The topological polar surface area (TPSA) is 0 Å². The van der Waals surface area contributed by atoms with Crippen molar-refractivity contribution in [2.45, 2.75) is 48.2 Å². The summed E-state index contributed by atoms with van der Waals surface area (Å²) >= 11 is 25.2. The van der Waals surface area contributed by atoms with E-state index in [2.05, 4.69) is 13.8 Å².